The number of hydrogen-bond acceptors (Lipinski definition) is 4. The minimum Gasteiger partial charge on any atom is -0.383 e. The number of rotatable bonds is 4. The highest BCUT2D eigenvalue weighted by Crippen LogP contribution is 2.42. The molecule has 4 nitrogen and oxygen atoms in total. The Bertz CT molecular complexity index is 418. The van der Waals surface area contributed by atoms with Gasteiger partial charge in [0.25, 0.3) is 0 Å². The van der Waals surface area contributed by atoms with E-state index in [1.807, 2.05) is 0 Å². The molecule has 0 aliphatic heterocycles. The summed E-state index contributed by atoms with van der Waals surface area (Å²) in [4.78, 5) is 8.95. The summed E-state index contributed by atoms with van der Waals surface area (Å²) in [5.74, 6) is 2.09. The number of aromatic nitrogens is 2. The molecule has 2 N–H and O–H groups in total. The van der Waals surface area contributed by atoms with E-state index in [9.17, 15) is 0 Å². The van der Waals surface area contributed by atoms with E-state index in [4.69, 9.17) is 10.5 Å². The lowest BCUT2D eigenvalue weighted by Crippen LogP contribution is -2.13. The van der Waals surface area contributed by atoms with E-state index in [1.54, 1.807) is 7.11 Å². The molecule has 0 amide bonds. The number of halogens is 1. The van der Waals surface area contributed by atoms with Crippen molar-refractivity contribution in [3.63, 3.8) is 0 Å². The second-order valence-electron chi connectivity index (χ2n) is 4.81. The van der Waals surface area contributed by atoms with Gasteiger partial charge in [-0.3, -0.25) is 0 Å². The fraction of sp³-hybridized carbons (Fsp3) is 0.667. The summed E-state index contributed by atoms with van der Waals surface area (Å²) in [5.41, 5.74) is 6.87. The van der Waals surface area contributed by atoms with Gasteiger partial charge in [-0.05, 0) is 40.6 Å². The average molecular weight is 300 g/mol. The first kappa shape index (κ1) is 12.8. The van der Waals surface area contributed by atoms with Crippen LogP contribution in [0, 0.1) is 5.92 Å². The van der Waals surface area contributed by atoms with Gasteiger partial charge in [0, 0.05) is 7.11 Å². The van der Waals surface area contributed by atoms with E-state index in [1.165, 1.54) is 12.8 Å². The van der Waals surface area contributed by atoms with E-state index < -0.39 is 0 Å². The molecule has 2 rings (SSSR count). The molecule has 0 bridgehead atoms. The molecule has 1 fully saturated rings. The summed E-state index contributed by atoms with van der Waals surface area (Å²) in [6, 6.07) is 0. The van der Waals surface area contributed by atoms with Crippen LogP contribution in [0.15, 0.2) is 4.47 Å². The summed E-state index contributed by atoms with van der Waals surface area (Å²) in [5, 5.41) is 0. The predicted molar refractivity (Wildman–Crippen MR) is 70.7 cm³/mol. The largest absolute Gasteiger partial charge is 0.383 e. The smallest absolute Gasteiger partial charge is 0.160 e. The van der Waals surface area contributed by atoms with Crippen molar-refractivity contribution in [2.75, 3.05) is 12.8 Å². The molecule has 1 aliphatic rings. The number of nitrogens with two attached hydrogens (primary N) is 1. The Hall–Kier alpha value is -0.680. The average Bonchev–Trinajstić information content (AvgIpc) is 3.07. The molecular formula is C12H18BrN3O. The first-order valence-electron chi connectivity index (χ1n) is 5.90. The van der Waals surface area contributed by atoms with Crippen molar-refractivity contribution in [3.8, 4) is 0 Å². The van der Waals surface area contributed by atoms with Crippen molar-refractivity contribution in [2.45, 2.75) is 38.7 Å². The Labute approximate surface area is 110 Å². The molecule has 0 saturated heterocycles. The van der Waals surface area contributed by atoms with Gasteiger partial charge in [0.2, 0.25) is 0 Å². The number of ether oxygens (including phenoxy) is 1. The highest BCUT2D eigenvalue weighted by atomic mass is 79.9. The Kier molecular flexibility index (Phi) is 3.68. The van der Waals surface area contributed by atoms with Gasteiger partial charge in [-0.15, -0.1) is 0 Å². The number of anilines is 1. The molecule has 0 radical (unpaired) electrons. The van der Waals surface area contributed by atoms with Crippen LogP contribution < -0.4 is 5.73 Å². The van der Waals surface area contributed by atoms with Gasteiger partial charge in [0.05, 0.1) is 10.2 Å². The zero-order valence-electron chi connectivity index (χ0n) is 10.4. The van der Waals surface area contributed by atoms with E-state index >= 15 is 0 Å². The first-order valence-corrected chi connectivity index (χ1v) is 6.69. The highest BCUT2D eigenvalue weighted by molar-refractivity contribution is 9.10. The van der Waals surface area contributed by atoms with Gasteiger partial charge in [0.1, 0.15) is 11.9 Å². The van der Waals surface area contributed by atoms with Crippen LogP contribution in [0.4, 0.5) is 5.82 Å². The predicted octanol–water partition coefficient (Wildman–Crippen LogP) is 3.04. The fourth-order valence-electron chi connectivity index (χ4n) is 1.92. The Balaban J connectivity index is 2.40. The molecule has 1 unspecified atom stereocenters. The number of hydrogen-bond donors (Lipinski definition) is 1. The van der Waals surface area contributed by atoms with E-state index in [0.29, 0.717) is 17.7 Å². The van der Waals surface area contributed by atoms with E-state index in [-0.39, 0.29) is 6.10 Å². The summed E-state index contributed by atoms with van der Waals surface area (Å²) in [7, 11) is 1.71. The maximum atomic E-state index is 5.92. The molecule has 1 aromatic heterocycles. The lowest BCUT2D eigenvalue weighted by Gasteiger charge is -2.17. The van der Waals surface area contributed by atoms with Crippen molar-refractivity contribution in [2.24, 2.45) is 5.92 Å². The van der Waals surface area contributed by atoms with Crippen LogP contribution >= 0.6 is 15.9 Å². The molecule has 0 aromatic carbocycles. The third-order valence-corrected chi connectivity index (χ3v) is 3.84. The van der Waals surface area contributed by atoms with Gasteiger partial charge in [-0.2, -0.15) is 0 Å². The summed E-state index contributed by atoms with van der Waals surface area (Å²) < 4.78 is 6.30. The minimum absolute atomic E-state index is 0.0112. The molecule has 17 heavy (non-hydrogen) atoms. The maximum absolute atomic E-state index is 5.92. The van der Waals surface area contributed by atoms with Crippen LogP contribution in [-0.2, 0) is 4.74 Å². The molecular weight excluding hydrogens is 282 g/mol. The molecule has 94 valence electrons. The SMILES string of the molecule is COC(c1nc(N)c(Br)c(C(C)C)n1)C1CC1. The van der Waals surface area contributed by atoms with Gasteiger partial charge in [-0.1, -0.05) is 13.8 Å². The van der Waals surface area contributed by atoms with Crippen molar-refractivity contribution < 1.29 is 4.74 Å². The van der Waals surface area contributed by atoms with Crippen molar-refractivity contribution in [3.05, 3.63) is 16.0 Å². The zero-order chi connectivity index (χ0) is 12.6. The summed E-state index contributed by atoms with van der Waals surface area (Å²) in [6.07, 6.45) is 2.37. The van der Waals surface area contributed by atoms with Crippen LogP contribution in [0.3, 0.4) is 0 Å². The summed E-state index contributed by atoms with van der Waals surface area (Å²) in [6.45, 7) is 4.19. The van der Waals surface area contributed by atoms with Gasteiger partial charge < -0.3 is 10.5 Å². The van der Waals surface area contributed by atoms with E-state index in [0.717, 1.165) is 16.0 Å². The lowest BCUT2D eigenvalue weighted by atomic mass is 10.1. The van der Waals surface area contributed by atoms with Crippen molar-refractivity contribution in [1.29, 1.82) is 0 Å². The maximum Gasteiger partial charge on any atom is 0.160 e. The Morgan fingerprint density at radius 1 is 1.35 bits per heavy atom. The molecule has 1 saturated carbocycles. The molecule has 1 atom stereocenters. The van der Waals surface area contributed by atoms with E-state index in [2.05, 4.69) is 39.7 Å². The van der Waals surface area contributed by atoms with Crippen LogP contribution in [-0.4, -0.2) is 17.1 Å². The van der Waals surface area contributed by atoms with Gasteiger partial charge in [0.15, 0.2) is 5.82 Å². The third-order valence-electron chi connectivity index (χ3n) is 3.03. The molecule has 1 aromatic rings. The number of nitrogen functional groups attached to an aromatic ring is 1. The highest BCUT2D eigenvalue weighted by Gasteiger charge is 2.35. The van der Waals surface area contributed by atoms with Gasteiger partial charge >= 0.3 is 0 Å². The summed E-state index contributed by atoms with van der Waals surface area (Å²) >= 11 is 3.45. The number of nitrogens with zero attached hydrogens (tertiary/aromatic N) is 2. The zero-order valence-corrected chi connectivity index (χ0v) is 12.0. The lowest BCUT2D eigenvalue weighted by molar-refractivity contribution is 0.0770. The van der Waals surface area contributed by atoms with Crippen LogP contribution in [0.2, 0.25) is 0 Å². The first-order chi connectivity index (χ1) is 8.04. The molecule has 1 heterocycles. The normalized spacial score (nSPS) is 17.5. The van der Waals surface area contributed by atoms with Crippen LogP contribution in [0.1, 0.15) is 50.2 Å². The second-order valence-corrected chi connectivity index (χ2v) is 5.61. The number of methoxy groups -OCH3 is 1. The van der Waals surface area contributed by atoms with Crippen LogP contribution in [0.25, 0.3) is 0 Å². The van der Waals surface area contributed by atoms with Crippen molar-refractivity contribution >= 4 is 21.7 Å². The second kappa shape index (κ2) is 4.90. The standard InChI is InChI=1S/C12H18BrN3O/c1-6(2)9-8(13)11(14)16-12(15-9)10(17-3)7-4-5-7/h6-7,10H,4-5H2,1-3H3,(H2,14,15,16). The van der Waals surface area contributed by atoms with Crippen molar-refractivity contribution in [1.82, 2.24) is 9.97 Å². The Morgan fingerprint density at radius 3 is 2.47 bits per heavy atom. The van der Waals surface area contributed by atoms with Crippen LogP contribution in [0.5, 0.6) is 0 Å². The topological polar surface area (TPSA) is 61.0 Å². The minimum atomic E-state index is -0.0112. The monoisotopic (exact) mass is 299 g/mol. The quantitative estimate of drug-likeness (QED) is 0.928. The third kappa shape index (κ3) is 2.60. The van der Waals surface area contributed by atoms with Gasteiger partial charge in [-0.25, -0.2) is 9.97 Å². The fourth-order valence-corrected chi connectivity index (χ4v) is 2.55. The molecule has 1 aliphatic carbocycles. The molecule has 0 spiro atoms. The molecule has 5 heteroatoms. The Morgan fingerprint density at radius 2 is 2.00 bits per heavy atom.